The van der Waals surface area contributed by atoms with Crippen LogP contribution in [-0.2, 0) is 13.5 Å². The molecule has 0 atom stereocenters. The first-order chi connectivity index (χ1) is 7.13. The third-order valence-electron chi connectivity index (χ3n) is 2.45. The van der Waals surface area contributed by atoms with Crippen molar-refractivity contribution in [2.24, 2.45) is 7.05 Å². The van der Waals surface area contributed by atoms with Gasteiger partial charge in [0.25, 0.3) is 0 Å². The highest BCUT2D eigenvalue weighted by Crippen LogP contribution is 2.24. The molecule has 1 aromatic heterocycles. The average Bonchev–Trinajstić information content (AvgIpc) is 2.43. The number of hydrogen-bond acceptors (Lipinski definition) is 2. The summed E-state index contributed by atoms with van der Waals surface area (Å²) in [4.78, 5) is 4.43. The summed E-state index contributed by atoms with van der Waals surface area (Å²) in [6.45, 7) is 2.05. The Morgan fingerprint density at radius 3 is 2.93 bits per heavy atom. The maximum Gasteiger partial charge on any atom is 0.123 e. The first kappa shape index (κ1) is 10.2. The van der Waals surface area contributed by atoms with Crippen LogP contribution in [0.25, 0.3) is 11.0 Å². The van der Waals surface area contributed by atoms with Crippen molar-refractivity contribution >= 4 is 27.0 Å². The van der Waals surface area contributed by atoms with Gasteiger partial charge in [0.1, 0.15) is 5.82 Å². The quantitative estimate of drug-likeness (QED) is 0.794. The Morgan fingerprint density at radius 2 is 2.27 bits per heavy atom. The van der Waals surface area contributed by atoms with Crippen LogP contribution in [0.3, 0.4) is 0 Å². The molecule has 2 aromatic rings. The number of imidazole rings is 1. The minimum Gasteiger partial charge on any atom is -0.330 e. The Hall–Kier alpha value is -1.34. The van der Waals surface area contributed by atoms with Gasteiger partial charge in [-0.2, -0.15) is 5.26 Å². The van der Waals surface area contributed by atoms with E-state index in [1.807, 2.05) is 24.6 Å². The molecule has 0 aliphatic heterocycles. The minimum atomic E-state index is 0.349. The van der Waals surface area contributed by atoms with Crippen LogP contribution in [0.5, 0.6) is 0 Å². The fraction of sp³-hybridized carbons (Fsp3) is 0.273. The number of halogens is 1. The van der Waals surface area contributed by atoms with Crippen LogP contribution in [-0.4, -0.2) is 9.55 Å². The van der Waals surface area contributed by atoms with Crippen molar-refractivity contribution in [2.45, 2.75) is 13.3 Å². The molecule has 0 bridgehead atoms. The van der Waals surface area contributed by atoms with E-state index < -0.39 is 0 Å². The van der Waals surface area contributed by atoms with Crippen LogP contribution < -0.4 is 0 Å². The van der Waals surface area contributed by atoms with Gasteiger partial charge in [-0.05, 0) is 24.6 Å². The molecule has 3 nitrogen and oxygen atoms in total. The van der Waals surface area contributed by atoms with E-state index in [1.54, 1.807) is 0 Å². The van der Waals surface area contributed by atoms with Gasteiger partial charge in [-0.3, -0.25) is 0 Å². The van der Waals surface area contributed by atoms with Crippen molar-refractivity contribution in [3.05, 3.63) is 28.0 Å². The molecular weight excluding hydrogens is 254 g/mol. The molecule has 1 heterocycles. The number of fused-ring (bicyclic) bond motifs is 1. The van der Waals surface area contributed by atoms with E-state index in [0.717, 1.165) is 21.3 Å². The van der Waals surface area contributed by atoms with Crippen molar-refractivity contribution in [3.63, 3.8) is 0 Å². The molecule has 0 radical (unpaired) electrons. The molecule has 0 spiro atoms. The predicted octanol–water partition coefficient (Wildman–Crippen LogP) is 2.71. The van der Waals surface area contributed by atoms with Crippen LogP contribution in [0.2, 0.25) is 0 Å². The fourth-order valence-corrected chi connectivity index (χ4v) is 2.37. The van der Waals surface area contributed by atoms with Crippen molar-refractivity contribution < 1.29 is 0 Å². The molecule has 0 saturated carbocycles. The molecule has 0 aliphatic carbocycles. The second kappa shape index (κ2) is 3.67. The lowest BCUT2D eigenvalue weighted by molar-refractivity contribution is 0.855. The van der Waals surface area contributed by atoms with E-state index in [1.165, 1.54) is 5.56 Å². The molecule has 76 valence electrons. The smallest absolute Gasteiger partial charge is 0.123 e. The second-order valence-corrected chi connectivity index (χ2v) is 4.43. The van der Waals surface area contributed by atoms with Crippen LogP contribution in [0.15, 0.2) is 16.6 Å². The van der Waals surface area contributed by atoms with Crippen molar-refractivity contribution in [3.8, 4) is 6.07 Å². The molecule has 2 rings (SSSR count). The van der Waals surface area contributed by atoms with Gasteiger partial charge in [0, 0.05) is 11.5 Å². The number of benzene rings is 1. The standard InChI is InChI=1S/C11H10BrN3/c1-7-5-8(12)6-9-11(7)15(2)10(14-9)3-4-13/h5-6H,3H2,1-2H3. The van der Waals surface area contributed by atoms with Gasteiger partial charge in [-0.1, -0.05) is 15.9 Å². The molecule has 0 aliphatic rings. The van der Waals surface area contributed by atoms with E-state index in [0.29, 0.717) is 6.42 Å². The van der Waals surface area contributed by atoms with E-state index >= 15 is 0 Å². The zero-order valence-electron chi connectivity index (χ0n) is 8.58. The van der Waals surface area contributed by atoms with E-state index in [-0.39, 0.29) is 0 Å². The minimum absolute atomic E-state index is 0.349. The first-order valence-corrected chi connectivity index (χ1v) is 5.41. The highest BCUT2D eigenvalue weighted by atomic mass is 79.9. The average molecular weight is 264 g/mol. The number of rotatable bonds is 1. The summed E-state index contributed by atoms with van der Waals surface area (Å²) in [6, 6.07) is 6.16. The lowest BCUT2D eigenvalue weighted by Crippen LogP contribution is -1.96. The zero-order valence-corrected chi connectivity index (χ0v) is 10.2. The number of nitrogens with zero attached hydrogens (tertiary/aromatic N) is 3. The third-order valence-corrected chi connectivity index (χ3v) is 2.91. The lowest BCUT2D eigenvalue weighted by Gasteiger charge is -2.01. The van der Waals surface area contributed by atoms with Gasteiger partial charge in [0.15, 0.2) is 0 Å². The summed E-state index contributed by atoms with van der Waals surface area (Å²) >= 11 is 3.44. The molecule has 0 amide bonds. The summed E-state index contributed by atoms with van der Waals surface area (Å²) < 4.78 is 3.01. The van der Waals surface area contributed by atoms with Crippen molar-refractivity contribution in [2.75, 3.05) is 0 Å². The Labute approximate surface area is 96.5 Å². The van der Waals surface area contributed by atoms with Crippen molar-refractivity contribution in [1.29, 1.82) is 5.26 Å². The SMILES string of the molecule is Cc1cc(Br)cc2nc(CC#N)n(C)c12. The Morgan fingerprint density at radius 1 is 1.53 bits per heavy atom. The molecule has 15 heavy (non-hydrogen) atoms. The molecule has 0 fully saturated rings. The third kappa shape index (κ3) is 1.64. The normalized spacial score (nSPS) is 10.5. The monoisotopic (exact) mass is 263 g/mol. The van der Waals surface area contributed by atoms with Crippen LogP contribution in [0.1, 0.15) is 11.4 Å². The zero-order chi connectivity index (χ0) is 11.0. The van der Waals surface area contributed by atoms with Gasteiger partial charge in [-0.25, -0.2) is 4.98 Å². The number of aryl methyl sites for hydroxylation is 2. The number of nitriles is 1. The Bertz CT molecular complexity index is 563. The van der Waals surface area contributed by atoms with Crippen LogP contribution >= 0.6 is 15.9 Å². The maximum absolute atomic E-state index is 8.68. The van der Waals surface area contributed by atoms with Crippen LogP contribution in [0.4, 0.5) is 0 Å². The second-order valence-electron chi connectivity index (χ2n) is 3.51. The summed E-state index contributed by atoms with van der Waals surface area (Å²) in [5.74, 6) is 0.814. The van der Waals surface area contributed by atoms with E-state index in [2.05, 4.69) is 33.0 Å². The molecule has 1 aromatic carbocycles. The van der Waals surface area contributed by atoms with E-state index in [9.17, 15) is 0 Å². The highest BCUT2D eigenvalue weighted by molar-refractivity contribution is 9.10. The topological polar surface area (TPSA) is 41.6 Å². The maximum atomic E-state index is 8.68. The largest absolute Gasteiger partial charge is 0.330 e. The van der Waals surface area contributed by atoms with Gasteiger partial charge in [0.05, 0.1) is 23.5 Å². The molecule has 0 N–H and O–H groups in total. The van der Waals surface area contributed by atoms with E-state index in [4.69, 9.17) is 5.26 Å². The number of hydrogen-bond donors (Lipinski definition) is 0. The Kier molecular flexibility index (Phi) is 2.49. The molecule has 4 heteroatoms. The number of aromatic nitrogens is 2. The van der Waals surface area contributed by atoms with Crippen molar-refractivity contribution in [1.82, 2.24) is 9.55 Å². The lowest BCUT2D eigenvalue weighted by atomic mass is 10.2. The summed E-state index contributed by atoms with van der Waals surface area (Å²) in [7, 11) is 1.95. The summed E-state index contributed by atoms with van der Waals surface area (Å²) in [6.07, 6.45) is 0.349. The van der Waals surface area contributed by atoms with Gasteiger partial charge >= 0.3 is 0 Å². The first-order valence-electron chi connectivity index (χ1n) is 4.62. The Balaban J connectivity index is 2.77. The predicted molar refractivity (Wildman–Crippen MR) is 62.5 cm³/mol. The summed E-state index contributed by atoms with van der Waals surface area (Å²) in [5, 5.41) is 8.68. The van der Waals surface area contributed by atoms with Gasteiger partial charge < -0.3 is 4.57 Å². The molecule has 0 unspecified atom stereocenters. The fourth-order valence-electron chi connectivity index (χ4n) is 1.81. The molecular formula is C11H10BrN3. The van der Waals surface area contributed by atoms with Crippen LogP contribution in [0, 0.1) is 18.3 Å². The molecule has 0 saturated heterocycles. The van der Waals surface area contributed by atoms with Gasteiger partial charge in [0.2, 0.25) is 0 Å². The summed E-state index contributed by atoms with van der Waals surface area (Å²) in [5.41, 5.74) is 3.21. The van der Waals surface area contributed by atoms with Gasteiger partial charge in [-0.15, -0.1) is 0 Å². The highest BCUT2D eigenvalue weighted by Gasteiger charge is 2.09.